The van der Waals surface area contributed by atoms with Crippen LogP contribution in [0, 0.1) is 6.92 Å². The number of aromatic nitrogens is 2. The second-order valence-electron chi connectivity index (χ2n) is 5.87. The van der Waals surface area contributed by atoms with E-state index in [-0.39, 0.29) is 0 Å². The largest absolute Gasteiger partial charge is 0.354 e. The van der Waals surface area contributed by atoms with Gasteiger partial charge in [0.25, 0.3) is 0 Å². The van der Waals surface area contributed by atoms with Crippen molar-refractivity contribution in [3.05, 3.63) is 47.6 Å². The summed E-state index contributed by atoms with van der Waals surface area (Å²) in [5.74, 6) is 2.02. The van der Waals surface area contributed by atoms with Crippen molar-refractivity contribution in [2.45, 2.75) is 51.7 Å². The third kappa shape index (κ3) is 4.81. The summed E-state index contributed by atoms with van der Waals surface area (Å²) in [6.07, 6.45) is 4.97. The molecule has 0 atom stereocenters. The smallest absolute Gasteiger partial charge is 0.246 e. The molecule has 0 saturated heterocycles. The molecule has 122 valence electrons. The first-order chi connectivity index (χ1) is 11.3. The molecule has 1 fully saturated rings. The maximum Gasteiger partial charge on any atom is 0.246 e. The van der Waals surface area contributed by atoms with Gasteiger partial charge in [0, 0.05) is 6.04 Å². The van der Waals surface area contributed by atoms with Gasteiger partial charge in [-0.1, -0.05) is 48.3 Å². The third-order valence-electron chi connectivity index (χ3n) is 3.94. The van der Waals surface area contributed by atoms with E-state index in [1.54, 1.807) is 0 Å². The van der Waals surface area contributed by atoms with E-state index in [0.29, 0.717) is 30.8 Å². The van der Waals surface area contributed by atoms with Crippen LogP contribution in [0.15, 0.2) is 39.8 Å². The van der Waals surface area contributed by atoms with Crippen molar-refractivity contribution in [1.82, 2.24) is 20.8 Å². The number of nitrogens with zero attached hydrogens (tertiary/aromatic N) is 3. The SMILES string of the molecule is Cc1noc(CNC(=NCc2ccccc2)NC2CCCC2)n1. The molecule has 2 N–H and O–H groups in total. The predicted molar refractivity (Wildman–Crippen MR) is 88.8 cm³/mol. The molecule has 6 nitrogen and oxygen atoms in total. The van der Waals surface area contributed by atoms with Gasteiger partial charge in [0.1, 0.15) is 0 Å². The zero-order valence-corrected chi connectivity index (χ0v) is 13.5. The van der Waals surface area contributed by atoms with Crippen molar-refractivity contribution in [2.24, 2.45) is 4.99 Å². The predicted octanol–water partition coefficient (Wildman–Crippen LogP) is 2.56. The first kappa shape index (κ1) is 15.5. The minimum Gasteiger partial charge on any atom is -0.354 e. The summed E-state index contributed by atoms with van der Waals surface area (Å²) in [6.45, 7) is 2.94. The van der Waals surface area contributed by atoms with E-state index in [9.17, 15) is 0 Å². The fourth-order valence-electron chi connectivity index (χ4n) is 2.74. The Morgan fingerprint density at radius 2 is 2.04 bits per heavy atom. The van der Waals surface area contributed by atoms with Crippen molar-refractivity contribution in [3.63, 3.8) is 0 Å². The summed E-state index contributed by atoms with van der Waals surface area (Å²) in [4.78, 5) is 8.89. The lowest BCUT2D eigenvalue weighted by atomic mass is 10.2. The van der Waals surface area contributed by atoms with Crippen LogP contribution in [0.2, 0.25) is 0 Å². The Morgan fingerprint density at radius 3 is 2.74 bits per heavy atom. The molecule has 3 rings (SSSR count). The number of hydrogen-bond acceptors (Lipinski definition) is 4. The summed E-state index contributed by atoms with van der Waals surface area (Å²) < 4.78 is 5.14. The van der Waals surface area contributed by atoms with E-state index >= 15 is 0 Å². The maximum absolute atomic E-state index is 5.14. The van der Waals surface area contributed by atoms with Gasteiger partial charge in [-0.05, 0) is 25.3 Å². The Hall–Kier alpha value is -2.37. The van der Waals surface area contributed by atoms with Gasteiger partial charge in [0.2, 0.25) is 5.89 Å². The number of rotatable bonds is 5. The van der Waals surface area contributed by atoms with Crippen molar-refractivity contribution in [2.75, 3.05) is 0 Å². The van der Waals surface area contributed by atoms with Crippen molar-refractivity contribution < 1.29 is 4.52 Å². The summed E-state index contributed by atoms with van der Waals surface area (Å²) in [7, 11) is 0. The maximum atomic E-state index is 5.14. The number of aliphatic imine (C=N–C) groups is 1. The molecule has 2 aromatic rings. The monoisotopic (exact) mass is 313 g/mol. The highest BCUT2D eigenvalue weighted by Crippen LogP contribution is 2.17. The van der Waals surface area contributed by atoms with Gasteiger partial charge in [0.05, 0.1) is 13.1 Å². The van der Waals surface area contributed by atoms with Gasteiger partial charge in [-0.2, -0.15) is 4.98 Å². The molecule has 0 spiro atoms. The van der Waals surface area contributed by atoms with E-state index in [0.717, 1.165) is 5.96 Å². The second-order valence-corrected chi connectivity index (χ2v) is 5.87. The van der Waals surface area contributed by atoms with Crippen LogP contribution in [-0.4, -0.2) is 22.1 Å². The van der Waals surface area contributed by atoms with Crippen LogP contribution in [0.1, 0.15) is 43.0 Å². The highest BCUT2D eigenvalue weighted by atomic mass is 16.5. The fourth-order valence-corrected chi connectivity index (χ4v) is 2.74. The van der Waals surface area contributed by atoms with Crippen molar-refractivity contribution in [1.29, 1.82) is 0 Å². The quantitative estimate of drug-likeness (QED) is 0.655. The Kier molecular flexibility index (Phi) is 5.24. The van der Waals surface area contributed by atoms with Crippen molar-refractivity contribution in [3.8, 4) is 0 Å². The van der Waals surface area contributed by atoms with E-state index in [1.807, 2.05) is 25.1 Å². The Labute approximate surface area is 136 Å². The molecule has 6 heteroatoms. The average Bonchev–Trinajstić information content (AvgIpc) is 3.22. The van der Waals surface area contributed by atoms with Gasteiger partial charge >= 0.3 is 0 Å². The lowest BCUT2D eigenvalue weighted by molar-refractivity contribution is 0.371. The number of hydrogen-bond donors (Lipinski definition) is 2. The first-order valence-corrected chi connectivity index (χ1v) is 8.17. The van der Waals surface area contributed by atoms with Crippen molar-refractivity contribution >= 4 is 5.96 Å². The summed E-state index contributed by atoms with van der Waals surface area (Å²) in [6, 6.07) is 10.7. The van der Waals surface area contributed by atoms with Crippen LogP contribution in [0.4, 0.5) is 0 Å². The number of nitrogens with one attached hydrogen (secondary N) is 2. The lowest BCUT2D eigenvalue weighted by Gasteiger charge is -2.16. The van der Waals surface area contributed by atoms with Crippen LogP contribution in [0.3, 0.4) is 0 Å². The Balaban J connectivity index is 1.62. The van der Waals surface area contributed by atoms with Gasteiger partial charge < -0.3 is 15.2 Å². The van der Waals surface area contributed by atoms with E-state index in [1.165, 1.54) is 31.2 Å². The highest BCUT2D eigenvalue weighted by Gasteiger charge is 2.16. The molecule has 0 amide bonds. The summed E-state index contributed by atoms with van der Waals surface area (Å²) in [5, 5.41) is 10.6. The van der Waals surface area contributed by atoms with Gasteiger partial charge in [-0.15, -0.1) is 0 Å². The number of benzene rings is 1. The molecular weight excluding hydrogens is 290 g/mol. The zero-order chi connectivity index (χ0) is 15.9. The van der Waals surface area contributed by atoms with E-state index < -0.39 is 0 Å². The topological polar surface area (TPSA) is 75.3 Å². The van der Waals surface area contributed by atoms with Crippen LogP contribution in [-0.2, 0) is 13.1 Å². The molecule has 23 heavy (non-hydrogen) atoms. The molecule has 1 saturated carbocycles. The molecular formula is C17H23N5O. The first-order valence-electron chi connectivity index (χ1n) is 8.17. The lowest BCUT2D eigenvalue weighted by Crippen LogP contribution is -2.42. The summed E-state index contributed by atoms with van der Waals surface area (Å²) in [5.41, 5.74) is 1.19. The fraction of sp³-hybridized carbons (Fsp3) is 0.471. The molecule has 1 heterocycles. The van der Waals surface area contributed by atoms with E-state index in [4.69, 9.17) is 4.52 Å². The molecule has 0 aliphatic heterocycles. The molecule has 1 aromatic heterocycles. The van der Waals surface area contributed by atoms with E-state index in [2.05, 4.69) is 37.9 Å². The standard InChI is InChI=1S/C17H23N5O/c1-13-20-16(23-22-13)12-19-17(21-15-9-5-6-10-15)18-11-14-7-3-2-4-8-14/h2-4,7-8,15H,5-6,9-12H2,1H3,(H2,18,19,21). The Bertz CT molecular complexity index is 631. The van der Waals surface area contributed by atoms with Crippen LogP contribution < -0.4 is 10.6 Å². The minimum atomic E-state index is 0.480. The number of aryl methyl sites for hydroxylation is 1. The summed E-state index contributed by atoms with van der Waals surface area (Å²) >= 11 is 0. The van der Waals surface area contributed by atoms with Gasteiger partial charge in [-0.3, -0.25) is 0 Å². The normalized spacial score (nSPS) is 15.8. The Morgan fingerprint density at radius 1 is 1.26 bits per heavy atom. The zero-order valence-electron chi connectivity index (χ0n) is 13.5. The minimum absolute atomic E-state index is 0.480. The molecule has 1 aliphatic carbocycles. The molecule has 1 aliphatic rings. The highest BCUT2D eigenvalue weighted by molar-refractivity contribution is 5.80. The van der Waals surface area contributed by atoms with Crippen LogP contribution in [0.5, 0.6) is 0 Å². The third-order valence-corrected chi connectivity index (χ3v) is 3.94. The average molecular weight is 313 g/mol. The molecule has 0 radical (unpaired) electrons. The van der Waals surface area contributed by atoms with Crippen LogP contribution in [0.25, 0.3) is 0 Å². The number of guanidine groups is 1. The second kappa shape index (κ2) is 7.76. The molecule has 0 bridgehead atoms. The molecule has 1 aromatic carbocycles. The molecule has 0 unspecified atom stereocenters. The van der Waals surface area contributed by atoms with Gasteiger partial charge in [0.15, 0.2) is 11.8 Å². The van der Waals surface area contributed by atoms with Gasteiger partial charge in [-0.25, -0.2) is 4.99 Å². The van der Waals surface area contributed by atoms with Crippen LogP contribution >= 0.6 is 0 Å².